The Kier molecular flexibility index (Phi) is 4.12. The maximum absolute atomic E-state index is 11.9. The number of hydrogen-bond donors (Lipinski definition) is 2. The SMILES string of the molecule is Cc1ccsc1CNCC(O)C(F)(F)F. The quantitative estimate of drug-likeness (QED) is 0.843. The van der Waals surface area contributed by atoms with E-state index >= 15 is 0 Å². The summed E-state index contributed by atoms with van der Waals surface area (Å²) in [4.78, 5) is 0.990. The molecule has 1 unspecified atom stereocenters. The molecule has 1 heterocycles. The zero-order valence-electron chi connectivity index (χ0n) is 8.14. The van der Waals surface area contributed by atoms with E-state index in [2.05, 4.69) is 5.32 Å². The van der Waals surface area contributed by atoms with Gasteiger partial charge in [0.15, 0.2) is 6.10 Å². The average Bonchev–Trinajstić information content (AvgIpc) is 2.50. The van der Waals surface area contributed by atoms with Crippen LogP contribution in [0.15, 0.2) is 11.4 Å². The standard InChI is InChI=1S/C9H12F3NOS/c1-6-2-3-15-7(6)4-13-5-8(14)9(10,11)12/h2-3,8,13-14H,4-5H2,1H3. The van der Waals surface area contributed by atoms with Gasteiger partial charge in [0.2, 0.25) is 0 Å². The highest BCUT2D eigenvalue weighted by Crippen LogP contribution is 2.20. The molecule has 1 aromatic heterocycles. The molecule has 0 aromatic carbocycles. The fourth-order valence-electron chi connectivity index (χ4n) is 1.02. The Labute approximate surface area is 89.7 Å². The number of thiophene rings is 1. The number of halogens is 3. The second kappa shape index (κ2) is 4.96. The van der Waals surface area contributed by atoms with E-state index in [4.69, 9.17) is 5.11 Å². The van der Waals surface area contributed by atoms with Crippen LogP contribution in [0.25, 0.3) is 0 Å². The molecule has 86 valence electrons. The first kappa shape index (κ1) is 12.5. The minimum absolute atomic E-state index is 0.358. The van der Waals surface area contributed by atoms with Gasteiger partial charge in [0.05, 0.1) is 0 Å². The number of hydrogen-bond acceptors (Lipinski definition) is 3. The van der Waals surface area contributed by atoms with E-state index in [1.807, 2.05) is 18.4 Å². The molecule has 6 heteroatoms. The van der Waals surface area contributed by atoms with Gasteiger partial charge >= 0.3 is 6.18 Å². The van der Waals surface area contributed by atoms with E-state index in [1.54, 1.807) is 0 Å². The zero-order chi connectivity index (χ0) is 11.5. The molecule has 0 aliphatic carbocycles. The predicted octanol–water partition coefficient (Wildman–Crippen LogP) is 2.07. The third kappa shape index (κ3) is 3.81. The normalized spacial score (nSPS) is 14.2. The van der Waals surface area contributed by atoms with Gasteiger partial charge in [-0.25, -0.2) is 0 Å². The van der Waals surface area contributed by atoms with Crippen LogP contribution in [0.2, 0.25) is 0 Å². The third-order valence-corrected chi connectivity index (χ3v) is 2.99. The second-order valence-electron chi connectivity index (χ2n) is 3.22. The molecular formula is C9H12F3NOS. The lowest BCUT2D eigenvalue weighted by atomic mass is 10.3. The van der Waals surface area contributed by atoms with Gasteiger partial charge in [0.1, 0.15) is 0 Å². The van der Waals surface area contributed by atoms with Crippen LogP contribution in [0.3, 0.4) is 0 Å². The second-order valence-corrected chi connectivity index (χ2v) is 4.22. The molecule has 0 aliphatic heterocycles. The molecule has 0 spiro atoms. The van der Waals surface area contributed by atoms with E-state index in [1.165, 1.54) is 11.3 Å². The van der Waals surface area contributed by atoms with E-state index in [9.17, 15) is 13.2 Å². The molecule has 0 saturated carbocycles. The summed E-state index contributed by atoms with van der Waals surface area (Å²) in [5.74, 6) is 0. The fourth-order valence-corrected chi connectivity index (χ4v) is 1.90. The molecule has 2 nitrogen and oxygen atoms in total. The Morgan fingerprint density at radius 3 is 2.67 bits per heavy atom. The molecule has 1 rings (SSSR count). The van der Waals surface area contributed by atoms with Crippen molar-refractivity contribution in [1.29, 1.82) is 0 Å². The number of rotatable bonds is 4. The van der Waals surface area contributed by atoms with E-state index in [0.717, 1.165) is 10.4 Å². The van der Waals surface area contributed by atoms with Gasteiger partial charge in [0, 0.05) is 18.0 Å². The Balaban J connectivity index is 2.31. The number of aliphatic hydroxyl groups is 1. The highest BCUT2D eigenvalue weighted by atomic mass is 32.1. The molecule has 0 bridgehead atoms. The van der Waals surface area contributed by atoms with Crippen LogP contribution in [-0.4, -0.2) is 23.9 Å². The Morgan fingerprint density at radius 2 is 2.20 bits per heavy atom. The van der Waals surface area contributed by atoms with Gasteiger partial charge < -0.3 is 10.4 Å². The van der Waals surface area contributed by atoms with Gasteiger partial charge in [-0.1, -0.05) is 0 Å². The lowest BCUT2D eigenvalue weighted by Gasteiger charge is -2.14. The van der Waals surface area contributed by atoms with Crippen LogP contribution in [0.1, 0.15) is 10.4 Å². The average molecular weight is 239 g/mol. The maximum Gasteiger partial charge on any atom is 0.415 e. The maximum atomic E-state index is 11.9. The van der Waals surface area contributed by atoms with Crippen molar-refractivity contribution in [1.82, 2.24) is 5.32 Å². The zero-order valence-corrected chi connectivity index (χ0v) is 8.95. The molecule has 1 aromatic rings. The fraction of sp³-hybridized carbons (Fsp3) is 0.556. The van der Waals surface area contributed by atoms with Gasteiger partial charge in [-0.2, -0.15) is 13.2 Å². The molecule has 0 radical (unpaired) electrons. The largest absolute Gasteiger partial charge is 0.415 e. The summed E-state index contributed by atoms with van der Waals surface area (Å²) in [6.45, 7) is 1.78. The van der Waals surface area contributed by atoms with Crippen molar-refractivity contribution in [2.24, 2.45) is 0 Å². The molecule has 15 heavy (non-hydrogen) atoms. The van der Waals surface area contributed by atoms with Crippen LogP contribution < -0.4 is 5.32 Å². The Hall–Kier alpha value is -0.590. The van der Waals surface area contributed by atoms with Crippen molar-refractivity contribution in [2.45, 2.75) is 25.7 Å². The van der Waals surface area contributed by atoms with Crippen LogP contribution >= 0.6 is 11.3 Å². The van der Waals surface area contributed by atoms with E-state index in [-0.39, 0.29) is 0 Å². The van der Waals surface area contributed by atoms with Crippen LogP contribution in [0.4, 0.5) is 13.2 Å². The van der Waals surface area contributed by atoms with Crippen molar-refractivity contribution in [3.63, 3.8) is 0 Å². The first-order chi connectivity index (χ1) is 6.91. The molecular weight excluding hydrogens is 227 g/mol. The number of alkyl halides is 3. The van der Waals surface area contributed by atoms with Crippen LogP contribution in [0.5, 0.6) is 0 Å². The van der Waals surface area contributed by atoms with Crippen molar-refractivity contribution in [3.05, 3.63) is 21.9 Å². The Bertz CT molecular complexity index is 311. The van der Waals surface area contributed by atoms with Crippen molar-refractivity contribution >= 4 is 11.3 Å². The van der Waals surface area contributed by atoms with Crippen molar-refractivity contribution < 1.29 is 18.3 Å². The first-order valence-corrected chi connectivity index (χ1v) is 5.27. The summed E-state index contributed by atoms with van der Waals surface area (Å²) >= 11 is 1.48. The molecule has 0 aliphatic rings. The number of aryl methyl sites for hydroxylation is 1. The summed E-state index contributed by atoms with van der Waals surface area (Å²) in [6.07, 6.45) is -6.84. The summed E-state index contributed by atoms with van der Waals surface area (Å²) in [5, 5.41) is 13.2. The smallest absolute Gasteiger partial charge is 0.382 e. The van der Waals surface area contributed by atoms with Gasteiger partial charge in [-0.3, -0.25) is 0 Å². The van der Waals surface area contributed by atoms with Gasteiger partial charge in [-0.15, -0.1) is 11.3 Å². The minimum atomic E-state index is -4.54. The van der Waals surface area contributed by atoms with E-state index < -0.39 is 18.8 Å². The Morgan fingerprint density at radius 1 is 1.53 bits per heavy atom. The molecule has 1 atom stereocenters. The summed E-state index contributed by atoms with van der Waals surface area (Å²) in [7, 11) is 0. The summed E-state index contributed by atoms with van der Waals surface area (Å²) < 4.78 is 35.7. The minimum Gasteiger partial charge on any atom is -0.382 e. The lowest BCUT2D eigenvalue weighted by Crippen LogP contribution is -2.38. The number of aliphatic hydroxyl groups excluding tert-OH is 1. The molecule has 0 amide bonds. The third-order valence-electron chi connectivity index (χ3n) is 1.97. The van der Waals surface area contributed by atoms with Gasteiger partial charge in [0.25, 0.3) is 0 Å². The van der Waals surface area contributed by atoms with Crippen LogP contribution in [0, 0.1) is 6.92 Å². The summed E-state index contributed by atoms with van der Waals surface area (Å²) in [5.41, 5.74) is 1.05. The van der Waals surface area contributed by atoms with Crippen molar-refractivity contribution in [3.8, 4) is 0 Å². The number of nitrogens with one attached hydrogen (secondary N) is 1. The first-order valence-electron chi connectivity index (χ1n) is 4.39. The predicted molar refractivity (Wildman–Crippen MR) is 52.8 cm³/mol. The van der Waals surface area contributed by atoms with Crippen molar-refractivity contribution in [2.75, 3.05) is 6.54 Å². The molecule has 0 saturated heterocycles. The summed E-state index contributed by atoms with van der Waals surface area (Å²) in [6, 6.07) is 1.90. The molecule has 0 fully saturated rings. The lowest BCUT2D eigenvalue weighted by molar-refractivity contribution is -0.201. The monoisotopic (exact) mass is 239 g/mol. The highest BCUT2D eigenvalue weighted by Gasteiger charge is 2.37. The van der Waals surface area contributed by atoms with Crippen LogP contribution in [-0.2, 0) is 6.54 Å². The topological polar surface area (TPSA) is 32.3 Å². The van der Waals surface area contributed by atoms with E-state index in [0.29, 0.717) is 6.54 Å². The van der Waals surface area contributed by atoms with Gasteiger partial charge in [-0.05, 0) is 23.9 Å². The molecule has 2 N–H and O–H groups in total. The highest BCUT2D eigenvalue weighted by molar-refractivity contribution is 7.10.